The van der Waals surface area contributed by atoms with Crippen LogP contribution in [0.4, 0.5) is 13.2 Å². The maximum atomic E-state index is 12.1. The van der Waals surface area contributed by atoms with Crippen LogP contribution in [0.1, 0.15) is 31.4 Å². The summed E-state index contributed by atoms with van der Waals surface area (Å²) < 4.78 is 40.1. The monoisotopic (exact) mass is 473 g/mol. The molecule has 0 aromatic heterocycles. The van der Waals surface area contributed by atoms with Crippen molar-refractivity contribution in [1.29, 1.82) is 0 Å². The van der Waals surface area contributed by atoms with Gasteiger partial charge in [-0.25, -0.2) is 0 Å². The Hall–Kier alpha value is -1.23. The highest BCUT2D eigenvalue weighted by atomic mass is 127. The lowest BCUT2D eigenvalue weighted by Crippen LogP contribution is -2.43. The average molecular weight is 473 g/mol. The van der Waals surface area contributed by atoms with Gasteiger partial charge in [0.1, 0.15) is 5.75 Å². The normalized spacial score (nSPS) is 20.0. The molecule has 1 heterocycles. The van der Waals surface area contributed by atoms with Crippen molar-refractivity contribution in [1.82, 2.24) is 4.90 Å². The molecule has 1 aromatic rings. The fourth-order valence-corrected chi connectivity index (χ4v) is 2.67. The Morgan fingerprint density at radius 1 is 1.40 bits per heavy atom. The molecule has 0 bridgehead atoms. The minimum atomic E-state index is -4.73. The van der Waals surface area contributed by atoms with Gasteiger partial charge in [-0.3, -0.25) is 4.99 Å². The second kappa shape index (κ2) is 9.46. The number of guanidine groups is 1. The van der Waals surface area contributed by atoms with Gasteiger partial charge in [0, 0.05) is 13.1 Å². The third kappa shape index (κ3) is 7.27. The van der Waals surface area contributed by atoms with E-state index in [1.807, 2.05) is 4.90 Å². The number of hydrogen-bond donors (Lipinski definition) is 2. The van der Waals surface area contributed by atoms with Crippen LogP contribution in [0.15, 0.2) is 29.3 Å². The summed E-state index contributed by atoms with van der Waals surface area (Å²) in [6.07, 6.45) is -3.45. The van der Waals surface area contributed by atoms with Gasteiger partial charge in [0.2, 0.25) is 0 Å². The van der Waals surface area contributed by atoms with Crippen LogP contribution in [0.5, 0.6) is 5.75 Å². The Kier molecular flexibility index (Phi) is 8.26. The van der Waals surface area contributed by atoms with E-state index in [0.29, 0.717) is 17.4 Å². The summed E-state index contributed by atoms with van der Waals surface area (Å²) in [5.41, 5.74) is 6.40. The molecule has 0 radical (unpaired) electrons. The topological polar surface area (TPSA) is 71.1 Å². The second-order valence-electron chi connectivity index (χ2n) is 6.02. The number of piperidine rings is 1. The number of aliphatic imine (C=N–C) groups is 1. The maximum Gasteiger partial charge on any atom is 0.573 e. The minimum absolute atomic E-state index is 0. The summed E-state index contributed by atoms with van der Waals surface area (Å²) in [6, 6.07) is 5.07. The molecule has 0 amide bonds. The molecule has 0 spiro atoms. The van der Waals surface area contributed by atoms with Crippen molar-refractivity contribution in [3.63, 3.8) is 0 Å². The minimum Gasteiger partial charge on any atom is -0.406 e. The third-order valence-corrected chi connectivity index (χ3v) is 3.91. The van der Waals surface area contributed by atoms with Gasteiger partial charge < -0.3 is 20.5 Å². The van der Waals surface area contributed by atoms with Crippen molar-refractivity contribution in [3.05, 3.63) is 29.8 Å². The van der Waals surface area contributed by atoms with E-state index < -0.39 is 12.5 Å². The number of alkyl halides is 3. The Morgan fingerprint density at radius 2 is 2.04 bits per heavy atom. The molecule has 1 saturated heterocycles. The first kappa shape index (κ1) is 21.8. The highest BCUT2D eigenvalue weighted by molar-refractivity contribution is 14.0. The number of aliphatic hydroxyl groups excluding tert-OH is 1. The predicted molar refractivity (Wildman–Crippen MR) is 100.0 cm³/mol. The molecule has 5 nitrogen and oxygen atoms in total. The van der Waals surface area contributed by atoms with Crippen LogP contribution in [-0.4, -0.2) is 42.0 Å². The lowest BCUT2D eigenvalue weighted by molar-refractivity contribution is -0.274. The summed E-state index contributed by atoms with van der Waals surface area (Å²) in [7, 11) is 0. The Balaban J connectivity index is 0.00000312. The summed E-state index contributed by atoms with van der Waals surface area (Å²) in [5.74, 6) is 0.611. The standard InChI is InChI=1S/C16H22F3N3O2.HI/c1-11-3-2-8-22(10-11)15(20)21-9-14(23)12-4-6-13(7-5-12)24-16(17,18)19;/h4-7,11,14,23H,2-3,8-10H2,1H3,(H2,20,21);1H. The Morgan fingerprint density at radius 3 is 2.60 bits per heavy atom. The summed E-state index contributed by atoms with van der Waals surface area (Å²) in [4.78, 5) is 6.19. The third-order valence-electron chi connectivity index (χ3n) is 3.91. The first-order valence-electron chi connectivity index (χ1n) is 7.83. The molecule has 9 heteroatoms. The van der Waals surface area contributed by atoms with E-state index in [-0.39, 0.29) is 36.3 Å². The van der Waals surface area contributed by atoms with Crippen LogP contribution in [0.2, 0.25) is 0 Å². The Labute approximate surface area is 162 Å². The van der Waals surface area contributed by atoms with Crippen LogP contribution in [0.3, 0.4) is 0 Å². The van der Waals surface area contributed by atoms with E-state index in [4.69, 9.17) is 5.73 Å². The van der Waals surface area contributed by atoms with Gasteiger partial charge in [-0.05, 0) is 36.5 Å². The van der Waals surface area contributed by atoms with Crippen molar-refractivity contribution in [2.24, 2.45) is 16.6 Å². The molecular weight excluding hydrogens is 450 g/mol. The van der Waals surface area contributed by atoms with Gasteiger partial charge in [-0.1, -0.05) is 19.1 Å². The van der Waals surface area contributed by atoms with Crippen molar-refractivity contribution in [2.75, 3.05) is 19.6 Å². The van der Waals surface area contributed by atoms with E-state index in [1.54, 1.807) is 0 Å². The van der Waals surface area contributed by atoms with Crippen LogP contribution in [0, 0.1) is 5.92 Å². The summed E-state index contributed by atoms with van der Waals surface area (Å²) in [5, 5.41) is 10.1. The fraction of sp³-hybridized carbons (Fsp3) is 0.562. The number of nitrogens with zero attached hydrogens (tertiary/aromatic N) is 2. The number of ether oxygens (including phenoxy) is 1. The van der Waals surface area contributed by atoms with Gasteiger partial charge in [-0.2, -0.15) is 0 Å². The number of hydrogen-bond acceptors (Lipinski definition) is 3. The second-order valence-corrected chi connectivity index (χ2v) is 6.02. The molecule has 1 aliphatic heterocycles. The van der Waals surface area contributed by atoms with Gasteiger partial charge in [-0.15, -0.1) is 37.1 Å². The van der Waals surface area contributed by atoms with E-state index in [9.17, 15) is 18.3 Å². The first-order chi connectivity index (χ1) is 11.2. The molecule has 2 rings (SSSR count). The zero-order valence-corrected chi connectivity index (χ0v) is 16.2. The van der Waals surface area contributed by atoms with Gasteiger partial charge >= 0.3 is 6.36 Å². The SMILES string of the molecule is CC1CCCN(C(N)=NCC(O)c2ccc(OC(F)(F)F)cc2)C1.I. The number of rotatable bonds is 4. The van der Waals surface area contributed by atoms with Crippen LogP contribution < -0.4 is 10.5 Å². The lowest BCUT2D eigenvalue weighted by Gasteiger charge is -2.31. The molecule has 2 unspecified atom stereocenters. The largest absolute Gasteiger partial charge is 0.573 e. The summed E-state index contributed by atoms with van der Waals surface area (Å²) in [6.45, 7) is 3.89. The molecule has 0 aliphatic carbocycles. The number of aliphatic hydroxyl groups is 1. The molecular formula is C16H23F3IN3O2. The van der Waals surface area contributed by atoms with E-state index >= 15 is 0 Å². The fourth-order valence-electron chi connectivity index (χ4n) is 2.67. The number of likely N-dealkylation sites (tertiary alicyclic amines) is 1. The predicted octanol–water partition coefficient (Wildman–Crippen LogP) is 3.28. The highest BCUT2D eigenvalue weighted by Crippen LogP contribution is 2.24. The number of benzene rings is 1. The maximum absolute atomic E-state index is 12.1. The van der Waals surface area contributed by atoms with E-state index in [2.05, 4.69) is 16.7 Å². The van der Waals surface area contributed by atoms with E-state index in [1.165, 1.54) is 18.6 Å². The Bertz CT molecular complexity index is 567. The van der Waals surface area contributed by atoms with Crippen LogP contribution in [-0.2, 0) is 0 Å². The van der Waals surface area contributed by atoms with Crippen molar-refractivity contribution >= 4 is 29.9 Å². The molecule has 3 N–H and O–H groups in total. The molecule has 25 heavy (non-hydrogen) atoms. The quantitative estimate of drug-likeness (QED) is 0.400. The lowest BCUT2D eigenvalue weighted by atomic mass is 10.0. The molecule has 1 aromatic carbocycles. The molecule has 0 saturated carbocycles. The van der Waals surface area contributed by atoms with Crippen LogP contribution in [0.25, 0.3) is 0 Å². The van der Waals surface area contributed by atoms with Crippen molar-refractivity contribution in [3.8, 4) is 5.75 Å². The molecule has 1 aliphatic rings. The molecule has 142 valence electrons. The van der Waals surface area contributed by atoms with Gasteiger partial charge in [0.05, 0.1) is 12.6 Å². The molecule has 1 fully saturated rings. The van der Waals surface area contributed by atoms with Crippen molar-refractivity contribution < 1.29 is 23.0 Å². The number of nitrogens with two attached hydrogens (primary N) is 1. The summed E-state index contributed by atoms with van der Waals surface area (Å²) >= 11 is 0. The highest BCUT2D eigenvalue weighted by Gasteiger charge is 2.31. The van der Waals surface area contributed by atoms with Crippen LogP contribution >= 0.6 is 24.0 Å². The van der Waals surface area contributed by atoms with Crippen molar-refractivity contribution in [2.45, 2.75) is 32.2 Å². The smallest absolute Gasteiger partial charge is 0.406 e. The van der Waals surface area contributed by atoms with Gasteiger partial charge in [0.25, 0.3) is 0 Å². The number of halogens is 4. The van der Waals surface area contributed by atoms with Gasteiger partial charge in [0.15, 0.2) is 5.96 Å². The van der Waals surface area contributed by atoms with E-state index in [0.717, 1.165) is 31.6 Å². The zero-order chi connectivity index (χ0) is 17.7. The first-order valence-corrected chi connectivity index (χ1v) is 7.83. The average Bonchev–Trinajstić information content (AvgIpc) is 2.51. The zero-order valence-electron chi connectivity index (χ0n) is 13.9. The molecule has 2 atom stereocenters.